The Morgan fingerprint density at radius 1 is 0.971 bits per heavy atom. The highest BCUT2D eigenvalue weighted by Crippen LogP contribution is 2.31. The molecule has 0 aliphatic carbocycles. The lowest BCUT2D eigenvalue weighted by Gasteiger charge is -2.26. The van der Waals surface area contributed by atoms with Crippen LogP contribution in [0.2, 0.25) is 0 Å². The van der Waals surface area contributed by atoms with Gasteiger partial charge in [-0.1, -0.05) is 78.9 Å². The van der Waals surface area contributed by atoms with E-state index in [0.717, 1.165) is 5.56 Å². The first kappa shape index (κ1) is 24.2. The number of para-hydroxylation sites is 1. The normalized spacial score (nSPS) is 16.7. The van der Waals surface area contributed by atoms with Gasteiger partial charge in [0.25, 0.3) is 5.91 Å². The topological polar surface area (TPSA) is 87.8 Å². The molecule has 3 aromatic rings. The van der Waals surface area contributed by atoms with Gasteiger partial charge in [0, 0.05) is 11.1 Å². The number of benzene rings is 3. The number of halogens is 3. The molecule has 0 radical (unpaired) electrons. The number of rotatable bonds is 6. The fourth-order valence-corrected chi connectivity index (χ4v) is 3.89. The molecule has 1 aliphatic rings. The van der Waals surface area contributed by atoms with E-state index in [2.05, 4.69) is 10.3 Å². The maximum atomic E-state index is 13.5. The molecule has 0 fully saturated rings. The Bertz CT molecular complexity index is 1230. The second kappa shape index (κ2) is 10.1. The standard InChI is InChI=1S/C26H23F3N4O2/c27-26(28,29)16-33-21-14-8-7-13-19(21)22(18-11-5-2-6-12-18)31-23(25(33)35)32-24(34)20(30)15-17-9-3-1-4-10-17/h1-14,20,23H,15-16,30H2,(H,32,34)/t20-,23?/m1/s1. The van der Waals surface area contributed by atoms with Crippen LogP contribution < -0.4 is 16.0 Å². The fraction of sp³-hybridized carbons (Fsp3) is 0.192. The van der Waals surface area contributed by atoms with Gasteiger partial charge in [0.05, 0.1) is 17.4 Å². The molecule has 9 heteroatoms. The summed E-state index contributed by atoms with van der Waals surface area (Å²) in [5.74, 6) is -1.69. The number of carbonyl (C=O) groups is 2. The molecule has 180 valence electrons. The molecule has 35 heavy (non-hydrogen) atoms. The summed E-state index contributed by atoms with van der Waals surface area (Å²) >= 11 is 0. The minimum absolute atomic E-state index is 0.0581. The summed E-state index contributed by atoms with van der Waals surface area (Å²) in [6.07, 6.45) is -6.07. The molecular formula is C26H23F3N4O2. The average molecular weight is 480 g/mol. The average Bonchev–Trinajstić information content (AvgIpc) is 2.95. The number of nitrogens with two attached hydrogens (primary N) is 1. The Labute approximate surface area is 200 Å². The van der Waals surface area contributed by atoms with Gasteiger partial charge in [-0.3, -0.25) is 14.5 Å². The van der Waals surface area contributed by atoms with E-state index >= 15 is 0 Å². The van der Waals surface area contributed by atoms with Gasteiger partial charge in [-0.25, -0.2) is 4.99 Å². The minimum Gasteiger partial charge on any atom is -0.325 e. The molecule has 0 bridgehead atoms. The second-order valence-electron chi connectivity index (χ2n) is 8.11. The Morgan fingerprint density at radius 2 is 1.57 bits per heavy atom. The molecule has 4 rings (SSSR count). The number of hydrogen-bond donors (Lipinski definition) is 2. The minimum atomic E-state index is -4.67. The molecule has 2 amide bonds. The Hall–Kier alpha value is -3.98. The zero-order chi connectivity index (χ0) is 25.0. The molecule has 6 nitrogen and oxygen atoms in total. The number of benzodiazepines with no additional fused rings is 1. The maximum Gasteiger partial charge on any atom is 0.406 e. The molecule has 3 N–H and O–H groups in total. The van der Waals surface area contributed by atoms with E-state index in [1.165, 1.54) is 6.07 Å². The summed E-state index contributed by atoms with van der Waals surface area (Å²) in [7, 11) is 0. The van der Waals surface area contributed by atoms with Crippen LogP contribution in [-0.4, -0.2) is 42.5 Å². The van der Waals surface area contributed by atoms with Crippen molar-refractivity contribution < 1.29 is 22.8 Å². The van der Waals surface area contributed by atoms with Crippen molar-refractivity contribution >= 4 is 23.2 Å². The van der Waals surface area contributed by atoms with Crippen molar-refractivity contribution in [3.63, 3.8) is 0 Å². The highest BCUT2D eigenvalue weighted by molar-refractivity contribution is 6.20. The third-order valence-electron chi connectivity index (χ3n) is 5.51. The van der Waals surface area contributed by atoms with Crippen molar-refractivity contribution in [2.24, 2.45) is 10.7 Å². The number of hydrogen-bond acceptors (Lipinski definition) is 4. The SMILES string of the molecule is N[C@H](Cc1ccccc1)C(=O)NC1N=C(c2ccccc2)c2ccccc2N(CC(F)(F)F)C1=O. The van der Waals surface area contributed by atoms with Crippen molar-refractivity contribution in [2.45, 2.75) is 24.8 Å². The molecular weight excluding hydrogens is 457 g/mol. The first-order chi connectivity index (χ1) is 16.7. The van der Waals surface area contributed by atoms with Crippen molar-refractivity contribution in [3.05, 3.63) is 102 Å². The molecule has 0 saturated carbocycles. The van der Waals surface area contributed by atoms with Crippen LogP contribution in [0, 0.1) is 0 Å². The Balaban J connectivity index is 1.72. The van der Waals surface area contributed by atoms with E-state index in [1.54, 1.807) is 72.8 Å². The number of nitrogens with one attached hydrogen (secondary N) is 1. The van der Waals surface area contributed by atoms with Gasteiger partial charge in [0.2, 0.25) is 12.1 Å². The predicted octanol–water partition coefficient (Wildman–Crippen LogP) is 3.45. The van der Waals surface area contributed by atoms with Gasteiger partial charge in [-0.05, 0) is 18.1 Å². The number of anilines is 1. The molecule has 0 aromatic heterocycles. The van der Waals surface area contributed by atoms with Gasteiger partial charge in [-0.15, -0.1) is 0 Å². The van der Waals surface area contributed by atoms with Gasteiger partial charge in [0.15, 0.2) is 0 Å². The zero-order valence-electron chi connectivity index (χ0n) is 18.6. The number of carbonyl (C=O) groups excluding carboxylic acids is 2. The number of amides is 2. The quantitative estimate of drug-likeness (QED) is 0.567. The number of alkyl halides is 3. The van der Waals surface area contributed by atoms with Gasteiger partial charge in [-0.2, -0.15) is 13.2 Å². The number of nitrogens with zero attached hydrogens (tertiary/aromatic N) is 2. The van der Waals surface area contributed by atoms with E-state index in [1.807, 2.05) is 6.07 Å². The third kappa shape index (κ3) is 5.75. The van der Waals surface area contributed by atoms with Crippen LogP contribution in [0.25, 0.3) is 0 Å². The highest BCUT2D eigenvalue weighted by atomic mass is 19.4. The second-order valence-corrected chi connectivity index (χ2v) is 8.11. The summed E-state index contributed by atoms with van der Waals surface area (Å²) in [4.78, 5) is 31.3. The molecule has 1 aliphatic heterocycles. The first-order valence-corrected chi connectivity index (χ1v) is 10.9. The summed E-state index contributed by atoms with van der Waals surface area (Å²) in [5, 5.41) is 2.47. The highest BCUT2D eigenvalue weighted by Gasteiger charge is 2.40. The van der Waals surface area contributed by atoms with Gasteiger partial charge < -0.3 is 11.1 Å². The lowest BCUT2D eigenvalue weighted by atomic mass is 10.0. The van der Waals surface area contributed by atoms with E-state index in [4.69, 9.17) is 5.73 Å². The molecule has 1 unspecified atom stereocenters. The molecule has 0 saturated heterocycles. The van der Waals surface area contributed by atoms with Crippen LogP contribution >= 0.6 is 0 Å². The Kier molecular flexibility index (Phi) is 6.97. The maximum absolute atomic E-state index is 13.5. The third-order valence-corrected chi connectivity index (χ3v) is 5.51. The zero-order valence-corrected chi connectivity index (χ0v) is 18.6. The lowest BCUT2D eigenvalue weighted by Crippen LogP contribution is -2.53. The van der Waals surface area contributed by atoms with Crippen molar-refractivity contribution in [3.8, 4) is 0 Å². The van der Waals surface area contributed by atoms with Crippen LogP contribution in [0.5, 0.6) is 0 Å². The molecule has 0 spiro atoms. The number of aliphatic imine (C=N–C) groups is 1. The monoisotopic (exact) mass is 480 g/mol. The summed E-state index contributed by atoms with van der Waals surface area (Å²) in [5.41, 5.74) is 8.15. The lowest BCUT2D eigenvalue weighted by molar-refractivity contribution is -0.135. The smallest absolute Gasteiger partial charge is 0.325 e. The number of fused-ring (bicyclic) bond motifs is 1. The van der Waals surface area contributed by atoms with Crippen molar-refractivity contribution in [1.82, 2.24) is 5.32 Å². The van der Waals surface area contributed by atoms with Gasteiger partial charge >= 0.3 is 6.18 Å². The van der Waals surface area contributed by atoms with Crippen molar-refractivity contribution in [1.29, 1.82) is 0 Å². The van der Waals surface area contributed by atoms with Crippen molar-refractivity contribution in [2.75, 3.05) is 11.4 Å². The first-order valence-electron chi connectivity index (χ1n) is 10.9. The summed E-state index contributed by atoms with van der Waals surface area (Å²) in [6.45, 7) is -1.52. The molecule has 2 atom stereocenters. The summed E-state index contributed by atoms with van der Waals surface area (Å²) in [6, 6.07) is 23.0. The van der Waals surface area contributed by atoms with Crippen LogP contribution in [0.4, 0.5) is 18.9 Å². The van der Waals surface area contributed by atoms with Crippen LogP contribution in [0.1, 0.15) is 16.7 Å². The van der Waals surface area contributed by atoms with E-state index in [-0.39, 0.29) is 12.1 Å². The van der Waals surface area contributed by atoms with Crippen LogP contribution in [0.3, 0.4) is 0 Å². The van der Waals surface area contributed by atoms with E-state index in [9.17, 15) is 22.8 Å². The van der Waals surface area contributed by atoms with Crippen LogP contribution in [-0.2, 0) is 16.0 Å². The molecule has 1 heterocycles. The largest absolute Gasteiger partial charge is 0.406 e. The fourth-order valence-electron chi connectivity index (χ4n) is 3.89. The molecule has 3 aromatic carbocycles. The van der Waals surface area contributed by atoms with E-state index < -0.39 is 36.7 Å². The Morgan fingerprint density at radius 3 is 2.23 bits per heavy atom. The van der Waals surface area contributed by atoms with Gasteiger partial charge in [0.1, 0.15) is 6.54 Å². The van der Waals surface area contributed by atoms with Crippen LogP contribution in [0.15, 0.2) is 89.9 Å². The summed E-state index contributed by atoms with van der Waals surface area (Å²) < 4.78 is 40.4. The van der Waals surface area contributed by atoms with E-state index in [0.29, 0.717) is 21.7 Å². The predicted molar refractivity (Wildman–Crippen MR) is 127 cm³/mol.